The van der Waals surface area contributed by atoms with Crippen LogP contribution in [-0.2, 0) is 13.0 Å². The number of fused-ring (bicyclic) bond motifs is 3. The number of nitrogens with zero attached hydrogens (tertiary/aromatic N) is 4. The van der Waals surface area contributed by atoms with Gasteiger partial charge in [0.05, 0.1) is 29.0 Å². The van der Waals surface area contributed by atoms with Crippen molar-refractivity contribution in [1.82, 2.24) is 25.2 Å². The van der Waals surface area contributed by atoms with E-state index in [1.807, 2.05) is 10.9 Å². The summed E-state index contributed by atoms with van der Waals surface area (Å²) in [5, 5.41) is 17.9. The number of benzene rings is 2. The van der Waals surface area contributed by atoms with Crippen molar-refractivity contribution in [1.29, 1.82) is 0 Å². The minimum Gasteiger partial charge on any atom is -0.481 e. The summed E-state index contributed by atoms with van der Waals surface area (Å²) in [5.41, 5.74) is 7.98. The molecule has 3 aromatic heterocycles. The third-order valence-corrected chi connectivity index (χ3v) is 6.55. The molecule has 6 nitrogen and oxygen atoms in total. The van der Waals surface area contributed by atoms with Crippen LogP contribution in [0.3, 0.4) is 0 Å². The minimum absolute atomic E-state index is 0.239. The maximum absolute atomic E-state index is 13.0. The summed E-state index contributed by atoms with van der Waals surface area (Å²) in [6.45, 7) is 0.921. The van der Waals surface area contributed by atoms with Gasteiger partial charge in [0.1, 0.15) is 18.2 Å². The summed E-state index contributed by atoms with van der Waals surface area (Å²) in [6, 6.07) is 14.5. The van der Waals surface area contributed by atoms with Gasteiger partial charge in [-0.2, -0.15) is 5.10 Å². The number of hydrogen-bond acceptors (Lipinski definition) is 5. The maximum Gasteiger partial charge on any atom is 0.149 e. The first-order valence-corrected chi connectivity index (χ1v) is 11.6. The lowest BCUT2D eigenvalue weighted by Crippen LogP contribution is -2.01. The van der Waals surface area contributed by atoms with Gasteiger partial charge in [0.2, 0.25) is 0 Å². The monoisotopic (exact) mass is 467 g/mol. The maximum atomic E-state index is 13.0. The highest BCUT2D eigenvalue weighted by Gasteiger charge is 2.25. The van der Waals surface area contributed by atoms with Gasteiger partial charge in [-0.3, -0.25) is 5.10 Å². The molecule has 34 heavy (non-hydrogen) atoms. The van der Waals surface area contributed by atoms with Crippen molar-refractivity contribution in [2.75, 3.05) is 6.61 Å². The summed E-state index contributed by atoms with van der Waals surface area (Å²) in [6.07, 6.45) is 4.39. The van der Waals surface area contributed by atoms with Crippen molar-refractivity contribution >= 4 is 11.3 Å². The zero-order chi connectivity index (χ0) is 22.9. The summed E-state index contributed by atoms with van der Waals surface area (Å²) in [4.78, 5) is 0.945. The Labute approximate surface area is 199 Å². The Morgan fingerprint density at radius 3 is 2.91 bits per heavy atom. The molecular weight excluding hydrogens is 449 g/mol. The highest BCUT2D eigenvalue weighted by molar-refractivity contribution is 7.11. The Morgan fingerprint density at radius 1 is 1.15 bits per heavy atom. The molecule has 166 valence electrons. The van der Waals surface area contributed by atoms with E-state index in [0.717, 1.165) is 28.2 Å². The van der Waals surface area contributed by atoms with E-state index < -0.39 is 0 Å². The molecule has 5 aromatic rings. The summed E-state index contributed by atoms with van der Waals surface area (Å²) >= 11 is 1.58. The van der Waals surface area contributed by atoms with Gasteiger partial charge in [-0.05, 0) is 47.5 Å². The van der Waals surface area contributed by atoms with Crippen LogP contribution in [0.2, 0.25) is 0 Å². The minimum atomic E-state index is -0.287. The van der Waals surface area contributed by atoms with Crippen molar-refractivity contribution in [3.8, 4) is 40.1 Å². The highest BCUT2D eigenvalue weighted by Crippen LogP contribution is 2.41. The fraction of sp³-hybridized carbons (Fsp3) is 0.115. The number of ether oxygens (including phenoxy) is 1. The van der Waals surface area contributed by atoms with Crippen LogP contribution in [0.15, 0.2) is 66.3 Å². The lowest BCUT2D eigenvalue weighted by Gasteiger charge is -2.05. The van der Waals surface area contributed by atoms with Crippen molar-refractivity contribution < 1.29 is 9.13 Å². The number of aromatic nitrogens is 5. The quantitative estimate of drug-likeness (QED) is 0.366. The Balaban J connectivity index is 1.17. The van der Waals surface area contributed by atoms with Crippen LogP contribution in [-0.4, -0.2) is 31.8 Å². The van der Waals surface area contributed by atoms with Crippen LogP contribution in [0.1, 0.15) is 21.6 Å². The molecule has 1 N–H and O–H groups in total. The molecule has 8 heteroatoms. The van der Waals surface area contributed by atoms with Gasteiger partial charge in [-0.1, -0.05) is 29.2 Å². The fourth-order valence-electron chi connectivity index (χ4n) is 4.10. The lowest BCUT2D eigenvalue weighted by atomic mass is 10.1. The zero-order valence-electron chi connectivity index (χ0n) is 18.0. The number of hydrogen-bond donors (Lipinski definition) is 1. The van der Waals surface area contributed by atoms with Crippen LogP contribution >= 0.6 is 11.3 Å². The molecule has 0 radical (unpaired) electrons. The van der Waals surface area contributed by atoms with Gasteiger partial charge >= 0.3 is 0 Å². The van der Waals surface area contributed by atoms with E-state index in [2.05, 4.69) is 62.0 Å². The molecule has 6 rings (SSSR count). The van der Waals surface area contributed by atoms with Crippen LogP contribution in [0.4, 0.5) is 4.39 Å². The number of thiophene rings is 1. The summed E-state index contributed by atoms with van der Waals surface area (Å²) < 4.78 is 20.3. The van der Waals surface area contributed by atoms with E-state index in [9.17, 15) is 4.39 Å². The lowest BCUT2D eigenvalue weighted by molar-refractivity contribution is 0.369. The fourth-order valence-corrected chi connectivity index (χ4v) is 4.86. The van der Waals surface area contributed by atoms with Gasteiger partial charge in [0.15, 0.2) is 0 Å². The van der Waals surface area contributed by atoms with Gasteiger partial charge < -0.3 is 4.74 Å². The molecule has 0 bridgehead atoms. The topological polar surface area (TPSA) is 68.6 Å². The van der Waals surface area contributed by atoms with Crippen molar-refractivity contribution in [3.63, 3.8) is 0 Å². The first-order chi connectivity index (χ1) is 16.7. The first-order valence-electron chi connectivity index (χ1n) is 10.7. The van der Waals surface area contributed by atoms with Gasteiger partial charge in [0, 0.05) is 34.7 Å². The Morgan fingerprint density at radius 2 is 2.06 bits per heavy atom. The first kappa shape index (κ1) is 20.4. The normalized spacial score (nSPS) is 11.6. The van der Waals surface area contributed by atoms with E-state index in [-0.39, 0.29) is 12.4 Å². The van der Waals surface area contributed by atoms with Gasteiger partial charge in [-0.15, -0.1) is 16.4 Å². The molecule has 2 aromatic carbocycles. The van der Waals surface area contributed by atoms with E-state index in [1.54, 1.807) is 29.7 Å². The molecule has 0 atom stereocenters. The molecule has 1 aliphatic rings. The van der Waals surface area contributed by atoms with E-state index in [4.69, 9.17) is 4.74 Å². The largest absolute Gasteiger partial charge is 0.481 e. The van der Waals surface area contributed by atoms with Crippen molar-refractivity contribution in [2.45, 2.75) is 13.0 Å². The van der Waals surface area contributed by atoms with Gasteiger partial charge in [-0.25, -0.2) is 9.07 Å². The predicted molar refractivity (Wildman–Crippen MR) is 128 cm³/mol. The average Bonchev–Trinajstić information content (AvgIpc) is 3.63. The second-order valence-corrected chi connectivity index (χ2v) is 8.85. The number of H-pyrrole nitrogens is 1. The number of halogens is 1. The third kappa shape index (κ3) is 3.98. The smallest absolute Gasteiger partial charge is 0.149 e. The molecular formula is C26H18FN5OS. The Hall–Kier alpha value is -4.22. The van der Waals surface area contributed by atoms with E-state index in [1.165, 1.54) is 34.4 Å². The van der Waals surface area contributed by atoms with Crippen LogP contribution in [0.25, 0.3) is 22.5 Å². The zero-order valence-corrected chi connectivity index (χ0v) is 18.8. The number of nitrogens with one attached hydrogen (secondary N) is 1. The average molecular weight is 468 g/mol. The van der Waals surface area contributed by atoms with E-state index in [0.29, 0.717) is 12.3 Å². The van der Waals surface area contributed by atoms with E-state index >= 15 is 0 Å². The third-order valence-electron chi connectivity index (χ3n) is 5.70. The summed E-state index contributed by atoms with van der Waals surface area (Å²) in [5.74, 6) is 6.47. The number of rotatable bonds is 5. The van der Waals surface area contributed by atoms with Gasteiger partial charge in [0.25, 0.3) is 0 Å². The number of aromatic amines is 1. The second-order valence-electron chi connectivity index (χ2n) is 7.94. The molecule has 3 heterocycles. The highest BCUT2D eigenvalue weighted by atomic mass is 32.1. The molecule has 0 unspecified atom stereocenters. The molecule has 0 fully saturated rings. The molecule has 0 spiro atoms. The Kier molecular flexibility index (Phi) is 5.17. The predicted octanol–water partition coefficient (Wildman–Crippen LogP) is 4.92. The SMILES string of the molecule is Fc1ccc(OCC#Cc2cc(-c3n[nH]c4c3Cc3ccc(Cn5ccnn5)cc3-4)cs2)cc1. The summed E-state index contributed by atoms with van der Waals surface area (Å²) in [7, 11) is 0. The second kappa shape index (κ2) is 8.61. The molecule has 0 saturated heterocycles. The molecule has 1 aliphatic carbocycles. The molecule has 0 aliphatic heterocycles. The molecule has 0 amide bonds. The Bertz CT molecular complexity index is 1520. The van der Waals surface area contributed by atoms with Crippen LogP contribution in [0, 0.1) is 17.7 Å². The van der Waals surface area contributed by atoms with Crippen LogP contribution < -0.4 is 4.74 Å². The van der Waals surface area contributed by atoms with Crippen molar-refractivity contribution in [3.05, 3.63) is 93.7 Å². The van der Waals surface area contributed by atoms with Crippen molar-refractivity contribution in [2.24, 2.45) is 0 Å². The molecule has 0 saturated carbocycles. The standard InChI is InChI=1S/C26H18FN5OS/c27-20-5-7-21(8-6-20)33-11-1-2-22-13-19(16-34-22)25-24-14-18-4-3-17(15-32-10-9-28-31-32)12-23(18)26(24)30-29-25/h3-10,12-13,16H,11,14-15H2,(H,29,30). The van der Waals surface area contributed by atoms with Crippen LogP contribution in [0.5, 0.6) is 5.75 Å².